The van der Waals surface area contributed by atoms with Gasteiger partial charge < -0.3 is 10.6 Å². The van der Waals surface area contributed by atoms with E-state index in [9.17, 15) is 14.4 Å². The summed E-state index contributed by atoms with van der Waals surface area (Å²) in [4.78, 5) is 38.1. The lowest BCUT2D eigenvalue weighted by atomic mass is 9.76. The molecule has 0 radical (unpaired) electrons. The number of hydrogen-bond acceptors (Lipinski definition) is 6. The van der Waals surface area contributed by atoms with Crippen molar-refractivity contribution in [1.29, 1.82) is 0 Å². The quantitative estimate of drug-likeness (QED) is 0.742. The minimum Gasteiger partial charge on any atom is -0.322 e. The maximum Gasteiger partial charge on any atom is 0.255 e. The maximum atomic E-state index is 12.9. The van der Waals surface area contributed by atoms with E-state index in [4.69, 9.17) is 5.73 Å². The van der Waals surface area contributed by atoms with Crippen molar-refractivity contribution in [3.05, 3.63) is 41.2 Å². The minimum absolute atomic E-state index is 0.207. The van der Waals surface area contributed by atoms with Gasteiger partial charge in [0.1, 0.15) is 11.7 Å². The molecule has 1 unspecified atom stereocenters. The zero-order valence-electron chi connectivity index (χ0n) is 15.2. The lowest BCUT2D eigenvalue weighted by Crippen LogP contribution is -2.52. The highest BCUT2D eigenvalue weighted by Crippen LogP contribution is 2.38. The first-order valence-corrected chi connectivity index (χ1v) is 9.45. The molecule has 3 N–H and O–H groups in total. The van der Waals surface area contributed by atoms with Gasteiger partial charge in [0.25, 0.3) is 5.91 Å². The molecular weight excluding hydrogens is 360 g/mol. The first-order valence-electron chi connectivity index (χ1n) is 9.45. The largest absolute Gasteiger partial charge is 0.322 e. The van der Waals surface area contributed by atoms with Crippen molar-refractivity contribution in [2.24, 2.45) is 5.73 Å². The monoisotopic (exact) mass is 380 g/mol. The zero-order chi connectivity index (χ0) is 19.5. The van der Waals surface area contributed by atoms with Gasteiger partial charge in [-0.3, -0.25) is 19.7 Å². The summed E-state index contributed by atoms with van der Waals surface area (Å²) in [6.07, 6.45) is 5.26. The molecule has 3 aliphatic rings. The van der Waals surface area contributed by atoms with Gasteiger partial charge in [-0.05, 0) is 37.8 Å². The molecule has 2 aromatic rings. The maximum absolute atomic E-state index is 12.9. The van der Waals surface area contributed by atoms with Gasteiger partial charge >= 0.3 is 0 Å². The normalized spacial score (nSPS) is 23.4. The van der Waals surface area contributed by atoms with Crippen molar-refractivity contribution in [2.45, 2.75) is 50.2 Å². The van der Waals surface area contributed by atoms with Gasteiger partial charge in [-0.2, -0.15) is 0 Å². The summed E-state index contributed by atoms with van der Waals surface area (Å²) >= 11 is 0. The molecule has 3 amide bonds. The Morgan fingerprint density at radius 1 is 1.21 bits per heavy atom. The van der Waals surface area contributed by atoms with Crippen molar-refractivity contribution in [2.75, 3.05) is 0 Å². The lowest BCUT2D eigenvalue weighted by Gasteiger charge is -2.35. The Morgan fingerprint density at radius 2 is 2.04 bits per heavy atom. The number of amides is 3. The molecule has 0 spiro atoms. The molecule has 28 heavy (non-hydrogen) atoms. The van der Waals surface area contributed by atoms with Crippen molar-refractivity contribution in [3.63, 3.8) is 0 Å². The molecule has 1 saturated heterocycles. The Balaban J connectivity index is 1.47. The number of aromatic nitrogens is 3. The second-order valence-corrected chi connectivity index (χ2v) is 7.76. The molecule has 1 atom stereocenters. The highest BCUT2D eigenvalue weighted by atomic mass is 16.2. The van der Waals surface area contributed by atoms with Crippen LogP contribution in [0, 0.1) is 0 Å². The number of benzene rings is 1. The standard InChI is InChI=1S/C19H20N6O3/c20-19(7-2-8-19)15-10-25(23-22-15)13-4-1-3-11-12(13)9-24(18(11)28)14-5-6-16(26)21-17(14)27/h1,3-4,10,14H,2,5-9,20H2,(H,21,26,27). The topological polar surface area (TPSA) is 123 Å². The van der Waals surface area contributed by atoms with Crippen LogP contribution in [0.4, 0.5) is 0 Å². The number of imide groups is 1. The summed E-state index contributed by atoms with van der Waals surface area (Å²) in [5.41, 5.74) is 8.79. The van der Waals surface area contributed by atoms with E-state index >= 15 is 0 Å². The highest BCUT2D eigenvalue weighted by Gasteiger charge is 2.41. The number of rotatable bonds is 3. The van der Waals surface area contributed by atoms with Gasteiger partial charge in [0.2, 0.25) is 11.8 Å². The van der Waals surface area contributed by atoms with E-state index in [1.165, 1.54) is 4.90 Å². The Labute approximate surface area is 160 Å². The van der Waals surface area contributed by atoms with Gasteiger partial charge in [0, 0.05) is 24.1 Å². The van der Waals surface area contributed by atoms with Crippen LogP contribution in [0.1, 0.15) is 53.7 Å². The van der Waals surface area contributed by atoms with Gasteiger partial charge in [-0.15, -0.1) is 5.10 Å². The molecule has 2 fully saturated rings. The van der Waals surface area contributed by atoms with Crippen LogP contribution in [0.2, 0.25) is 0 Å². The van der Waals surface area contributed by atoms with E-state index in [1.807, 2.05) is 12.3 Å². The molecule has 3 heterocycles. The molecule has 1 aliphatic carbocycles. The average molecular weight is 380 g/mol. The summed E-state index contributed by atoms with van der Waals surface area (Å²) in [6, 6.07) is 4.78. The van der Waals surface area contributed by atoms with E-state index in [0.29, 0.717) is 18.5 Å². The minimum atomic E-state index is -0.640. The fourth-order valence-corrected chi connectivity index (χ4v) is 4.21. The van der Waals surface area contributed by atoms with E-state index in [0.717, 1.165) is 36.2 Å². The fourth-order valence-electron chi connectivity index (χ4n) is 4.21. The predicted molar refractivity (Wildman–Crippen MR) is 97.1 cm³/mol. The van der Waals surface area contributed by atoms with Gasteiger partial charge in [-0.25, -0.2) is 4.68 Å². The van der Waals surface area contributed by atoms with Gasteiger partial charge in [-0.1, -0.05) is 11.3 Å². The summed E-state index contributed by atoms with van der Waals surface area (Å²) in [6.45, 7) is 0.291. The third-order valence-electron chi connectivity index (χ3n) is 6.05. The van der Waals surface area contributed by atoms with Crippen molar-refractivity contribution in [1.82, 2.24) is 25.2 Å². The number of hydrogen-bond donors (Lipinski definition) is 2. The Kier molecular flexibility index (Phi) is 3.63. The number of nitrogens with zero attached hydrogens (tertiary/aromatic N) is 4. The van der Waals surface area contributed by atoms with Gasteiger partial charge in [0.15, 0.2) is 0 Å². The van der Waals surface area contributed by atoms with E-state index in [-0.39, 0.29) is 18.2 Å². The summed E-state index contributed by atoms with van der Waals surface area (Å²) in [5.74, 6) is -0.925. The Hall–Kier alpha value is -3.07. The Bertz CT molecular complexity index is 1010. The van der Waals surface area contributed by atoms with Crippen LogP contribution in [0.25, 0.3) is 5.69 Å². The van der Waals surface area contributed by atoms with Crippen LogP contribution < -0.4 is 11.1 Å². The highest BCUT2D eigenvalue weighted by molar-refractivity contribution is 6.05. The van der Waals surface area contributed by atoms with Crippen LogP contribution >= 0.6 is 0 Å². The zero-order valence-corrected chi connectivity index (χ0v) is 15.2. The van der Waals surface area contributed by atoms with Crippen molar-refractivity contribution in [3.8, 4) is 5.69 Å². The molecule has 9 heteroatoms. The van der Waals surface area contributed by atoms with E-state index in [1.54, 1.807) is 16.8 Å². The van der Waals surface area contributed by atoms with E-state index < -0.39 is 17.5 Å². The number of carbonyl (C=O) groups is 3. The predicted octanol–water partition coefficient (Wildman–Crippen LogP) is 0.366. The van der Waals surface area contributed by atoms with Crippen LogP contribution in [0.3, 0.4) is 0 Å². The third kappa shape index (κ3) is 2.46. The molecule has 144 valence electrons. The van der Waals surface area contributed by atoms with Crippen LogP contribution in [0.5, 0.6) is 0 Å². The van der Waals surface area contributed by atoms with E-state index in [2.05, 4.69) is 15.6 Å². The van der Waals surface area contributed by atoms with Gasteiger partial charge in [0.05, 0.1) is 17.4 Å². The summed E-state index contributed by atoms with van der Waals surface area (Å²) < 4.78 is 1.66. The molecule has 1 saturated carbocycles. The Morgan fingerprint density at radius 3 is 2.75 bits per heavy atom. The number of piperidine rings is 1. The lowest BCUT2D eigenvalue weighted by molar-refractivity contribution is -0.136. The molecule has 1 aromatic carbocycles. The fraction of sp³-hybridized carbons (Fsp3) is 0.421. The second kappa shape index (κ2) is 5.96. The molecule has 9 nitrogen and oxygen atoms in total. The molecule has 2 aliphatic heterocycles. The molecule has 0 bridgehead atoms. The molecule has 1 aromatic heterocycles. The summed E-state index contributed by atoms with van der Waals surface area (Å²) in [5, 5.41) is 10.8. The second-order valence-electron chi connectivity index (χ2n) is 7.76. The number of fused-ring (bicyclic) bond motifs is 1. The first kappa shape index (κ1) is 17.1. The number of nitrogens with one attached hydrogen (secondary N) is 1. The van der Waals surface area contributed by atoms with Crippen LogP contribution in [-0.4, -0.2) is 43.7 Å². The van der Waals surface area contributed by atoms with Crippen molar-refractivity contribution >= 4 is 17.7 Å². The SMILES string of the molecule is NC1(c2cn(-c3cccc4c3CN(C3CCC(=O)NC3=O)C4=O)nn2)CCC1. The number of carbonyl (C=O) groups excluding carboxylic acids is 3. The molecule has 5 rings (SSSR count). The number of nitrogens with two attached hydrogens (primary N) is 1. The van der Waals surface area contributed by atoms with Crippen LogP contribution in [0.15, 0.2) is 24.4 Å². The smallest absolute Gasteiger partial charge is 0.255 e. The van der Waals surface area contributed by atoms with Crippen molar-refractivity contribution < 1.29 is 14.4 Å². The van der Waals surface area contributed by atoms with Crippen LogP contribution in [-0.2, 0) is 21.7 Å². The average Bonchev–Trinajstić information content (AvgIpc) is 3.26. The third-order valence-corrected chi connectivity index (χ3v) is 6.05. The summed E-state index contributed by atoms with van der Waals surface area (Å²) in [7, 11) is 0. The molecular formula is C19H20N6O3. The first-order chi connectivity index (χ1) is 13.5.